The maximum absolute atomic E-state index is 13.3. The van der Waals surface area contributed by atoms with Crippen molar-refractivity contribution in [3.63, 3.8) is 0 Å². The van der Waals surface area contributed by atoms with Crippen molar-refractivity contribution in [2.24, 2.45) is 0 Å². The van der Waals surface area contributed by atoms with Crippen LogP contribution in [0.4, 0.5) is 0 Å². The monoisotopic (exact) mass is 466 g/mol. The molecule has 8 heteroatoms. The highest BCUT2D eigenvalue weighted by Gasteiger charge is 2.35. The SMILES string of the molecule is CC(Sc1nc2ccccc2c(=O)n1-c1cccc(Cl)c1)C(=O)NC1(C#N)CCCCC1. The highest BCUT2D eigenvalue weighted by atomic mass is 35.5. The fraction of sp³-hybridized carbons (Fsp3) is 0.333. The van der Waals surface area contributed by atoms with Crippen molar-refractivity contribution in [2.45, 2.75) is 55.0 Å². The number of fused-ring (bicyclic) bond motifs is 1. The molecule has 1 aromatic heterocycles. The zero-order chi connectivity index (χ0) is 22.7. The van der Waals surface area contributed by atoms with Gasteiger partial charge in [0.1, 0.15) is 5.54 Å². The van der Waals surface area contributed by atoms with Crippen molar-refractivity contribution in [3.05, 3.63) is 63.9 Å². The predicted molar refractivity (Wildman–Crippen MR) is 127 cm³/mol. The number of hydrogen-bond acceptors (Lipinski definition) is 5. The summed E-state index contributed by atoms with van der Waals surface area (Å²) < 4.78 is 1.49. The van der Waals surface area contributed by atoms with E-state index in [2.05, 4.69) is 16.4 Å². The maximum Gasteiger partial charge on any atom is 0.266 e. The smallest absolute Gasteiger partial charge is 0.266 e. The topological polar surface area (TPSA) is 87.8 Å². The lowest BCUT2D eigenvalue weighted by Gasteiger charge is -2.32. The number of benzene rings is 2. The van der Waals surface area contributed by atoms with Crippen LogP contribution in [0.15, 0.2) is 58.5 Å². The molecule has 164 valence electrons. The highest BCUT2D eigenvalue weighted by molar-refractivity contribution is 8.00. The number of halogens is 1. The van der Waals surface area contributed by atoms with Crippen LogP contribution >= 0.6 is 23.4 Å². The van der Waals surface area contributed by atoms with Crippen molar-refractivity contribution in [1.82, 2.24) is 14.9 Å². The standard InChI is InChI=1S/C24H23ClN4O2S/c1-16(21(30)28-24(15-26)12-5-2-6-13-24)32-23-27-20-11-4-3-10-19(20)22(31)29(23)18-9-7-8-17(25)14-18/h3-4,7-11,14,16H,2,5-6,12-13H2,1H3,(H,28,30). The number of carbonyl (C=O) groups excluding carboxylic acids is 1. The van der Waals surface area contributed by atoms with Crippen molar-refractivity contribution >= 4 is 40.2 Å². The second-order valence-corrected chi connectivity index (χ2v) is 9.78. The van der Waals surface area contributed by atoms with E-state index in [-0.39, 0.29) is 11.5 Å². The summed E-state index contributed by atoms with van der Waals surface area (Å²) in [5, 5.41) is 13.5. The van der Waals surface area contributed by atoms with E-state index in [1.54, 1.807) is 49.4 Å². The Morgan fingerprint density at radius 1 is 1.22 bits per heavy atom. The largest absolute Gasteiger partial charge is 0.337 e. The van der Waals surface area contributed by atoms with Gasteiger partial charge in [0, 0.05) is 5.02 Å². The van der Waals surface area contributed by atoms with Crippen LogP contribution in [0.3, 0.4) is 0 Å². The van der Waals surface area contributed by atoms with Crippen molar-refractivity contribution in [3.8, 4) is 11.8 Å². The molecule has 1 saturated carbocycles. The molecule has 0 aliphatic heterocycles. The number of thioether (sulfide) groups is 1. The van der Waals surface area contributed by atoms with Gasteiger partial charge in [-0.05, 0) is 50.1 Å². The Morgan fingerprint density at radius 3 is 2.69 bits per heavy atom. The number of rotatable bonds is 5. The third-order valence-corrected chi connectivity index (χ3v) is 7.03. The molecule has 0 radical (unpaired) electrons. The van der Waals surface area contributed by atoms with Gasteiger partial charge in [-0.3, -0.25) is 14.2 Å². The van der Waals surface area contributed by atoms with Gasteiger partial charge < -0.3 is 5.32 Å². The van der Waals surface area contributed by atoms with Crippen molar-refractivity contribution < 1.29 is 4.79 Å². The number of nitrogens with one attached hydrogen (secondary N) is 1. The molecule has 0 saturated heterocycles. The molecule has 3 aromatic rings. The van der Waals surface area contributed by atoms with E-state index in [9.17, 15) is 14.9 Å². The van der Waals surface area contributed by atoms with E-state index < -0.39 is 10.8 Å². The van der Waals surface area contributed by atoms with E-state index in [0.29, 0.717) is 39.6 Å². The molecule has 1 aliphatic rings. The summed E-state index contributed by atoms with van der Waals surface area (Å²) in [6.45, 7) is 1.76. The summed E-state index contributed by atoms with van der Waals surface area (Å²) in [4.78, 5) is 31.0. The van der Waals surface area contributed by atoms with Crippen LogP contribution in [-0.2, 0) is 4.79 Å². The summed E-state index contributed by atoms with van der Waals surface area (Å²) in [7, 11) is 0. The first kappa shape index (κ1) is 22.4. The van der Waals surface area contributed by atoms with Gasteiger partial charge in [-0.1, -0.05) is 60.8 Å². The quantitative estimate of drug-likeness (QED) is 0.428. The number of aromatic nitrogens is 2. The Kier molecular flexibility index (Phi) is 6.54. The predicted octanol–water partition coefficient (Wildman–Crippen LogP) is 4.86. The van der Waals surface area contributed by atoms with Crippen LogP contribution < -0.4 is 10.9 Å². The van der Waals surface area contributed by atoms with Gasteiger partial charge >= 0.3 is 0 Å². The average Bonchev–Trinajstić information content (AvgIpc) is 2.80. The molecule has 32 heavy (non-hydrogen) atoms. The Hall–Kier alpha value is -2.82. The van der Waals surface area contributed by atoms with E-state index in [1.807, 2.05) is 6.07 Å². The number of amides is 1. The minimum Gasteiger partial charge on any atom is -0.337 e. The van der Waals surface area contributed by atoms with Gasteiger partial charge in [0.15, 0.2) is 5.16 Å². The molecule has 4 rings (SSSR count). The Balaban J connectivity index is 1.70. The molecule has 6 nitrogen and oxygen atoms in total. The maximum atomic E-state index is 13.3. The molecule has 0 spiro atoms. The van der Waals surface area contributed by atoms with Crippen LogP contribution in [-0.4, -0.2) is 26.2 Å². The molecule has 0 bridgehead atoms. The van der Waals surface area contributed by atoms with E-state index >= 15 is 0 Å². The van der Waals surface area contributed by atoms with E-state index in [4.69, 9.17) is 11.6 Å². The molecule has 1 heterocycles. The first-order chi connectivity index (χ1) is 15.4. The van der Waals surface area contributed by atoms with Gasteiger partial charge in [0.05, 0.1) is 27.9 Å². The Labute approximate surface area is 195 Å². The fourth-order valence-electron chi connectivity index (χ4n) is 4.00. The summed E-state index contributed by atoms with van der Waals surface area (Å²) >= 11 is 7.37. The Morgan fingerprint density at radius 2 is 1.97 bits per heavy atom. The lowest BCUT2D eigenvalue weighted by atomic mass is 9.83. The third-order valence-electron chi connectivity index (χ3n) is 5.75. The molecule has 1 atom stereocenters. The van der Waals surface area contributed by atoms with E-state index in [1.165, 1.54) is 16.3 Å². The van der Waals surface area contributed by atoms with Gasteiger partial charge in [0.2, 0.25) is 5.91 Å². The number of hydrogen-bond donors (Lipinski definition) is 1. The van der Waals surface area contributed by atoms with Crippen LogP contribution in [0.5, 0.6) is 0 Å². The average molecular weight is 467 g/mol. The first-order valence-corrected chi connectivity index (χ1v) is 11.9. The first-order valence-electron chi connectivity index (χ1n) is 10.6. The summed E-state index contributed by atoms with van der Waals surface area (Å²) in [5.74, 6) is -0.237. The second kappa shape index (κ2) is 9.35. The highest BCUT2D eigenvalue weighted by Crippen LogP contribution is 2.30. The fourth-order valence-corrected chi connectivity index (χ4v) is 5.11. The normalized spacial score (nSPS) is 16.3. The molecule has 1 fully saturated rings. The molecular weight excluding hydrogens is 444 g/mol. The van der Waals surface area contributed by atoms with Gasteiger partial charge in [-0.2, -0.15) is 5.26 Å². The number of nitrogens with zero attached hydrogens (tertiary/aromatic N) is 3. The molecule has 1 unspecified atom stereocenters. The van der Waals surface area contributed by atoms with Crippen LogP contribution in [0.2, 0.25) is 5.02 Å². The third kappa shape index (κ3) is 4.52. The molecule has 2 aromatic carbocycles. The van der Waals surface area contributed by atoms with Gasteiger partial charge in [0.25, 0.3) is 5.56 Å². The second-order valence-electron chi connectivity index (χ2n) is 8.04. The number of para-hydroxylation sites is 1. The zero-order valence-corrected chi connectivity index (χ0v) is 19.2. The van der Waals surface area contributed by atoms with Gasteiger partial charge in [-0.25, -0.2) is 4.98 Å². The van der Waals surface area contributed by atoms with Crippen LogP contribution in [0.25, 0.3) is 16.6 Å². The summed E-state index contributed by atoms with van der Waals surface area (Å²) in [5.41, 5.74) is 0.102. The van der Waals surface area contributed by atoms with Gasteiger partial charge in [-0.15, -0.1) is 0 Å². The van der Waals surface area contributed by atoms with E-state index in [0.717, 1.165) is 19.3 Å². The van der Waals surface area contributed by atoms with Crippen LogP contribution in [0.1, 0.15) is 39.0 Å². The Bertz CT molecular complexity index is 1260. The zero-order valence-electron chi connectivity index (χ0n) is 17.7. The number of carbonyl (C=O) groups is 1. The minimum atomic E-state index is -0.812. The van der Waals surface area contributed by atoms with Crippen molar-refractivity contribution in [1.29, 1.82) is 5.26 Å². The minimum absolute atomic E-state index is 0.228. The van der Waals surface area contributed by atoms with Crippen LogP contribution in [0, 0.1) is 11.3 Å². The molecule has 1 aliphatic carbocycles. The molecule has 1 amide bonds. The summed E-state index contributed by atoms with van der Waals surface area (Å²) in [6, 6.07) is 16.4. The van der Waals surface area contributed by atoms with Crippen molar-refractivity contribution in [2.75, 3.05) is 0 Å². The lowest BCUT2D eigenvalue weighted by molar-refractivity contribution is -0.121. The lowest BCUT2D eigenvalue weighted by Crippen LogP contribution is -2.51. The molecule has 1 N–H and O–H groups in total. The summed E-state index contributed by atoms with van der Waals surface area (Å²) in [6.07, 6.45) is 4.25. The molecular formula is C24H23ClN4O2S. The number of nitriles is 1.